The van der Waals surface area contributed by atoms with Crippen LogP contribution in [0.15, 0.2) is 41.5 Å². The molecule has 1 aromatic heterocycles. The molecule has 1 saturated carbocycles. The Morgan fingerprint density at radius 2 is 1.97 bits per heavy atom. The number of aromatic nitrogens is 1. The Morgan fingerprint density at radius 1 is 1.17 bits per heavy atom. The van der Waals surface area contributed by atoms with Gasteiger partial charge >= 0.3 is 0 Å². The zero-order valence-corrected chi connectivity index (χ0v) is 18.1. The van der Waals surface area contributed by atoms with Gasteiger partial charge in [0, 0.05) is 38.0 Å². The van der Waals surface area contributed by atoms with Gasteiger partial charge in [0.25, 0.3) is 0 Å². The lowest BCUT2D eigenvalue weighted by Gasteiger charge is -2.20. The van der Waals surface area contributed by atoms with E-state index in [0.717, 1.165) is 35.5 Å². The van der Waals surface area contributed by atoms with Crippen LogP contribution in [-0.4, -0.2) is 37.8 Å². The highest BCUT2D eigenvalue weighted by molar-refractivity contribution is 5.79. The molecule has 1 fully saturated rings. The van der Waals surface area contributed by atoms with Crippen molar-refractivity contribution in [2.45, 2.75) is 51.8 Å². The summed E-state index contributed by atoms with van der Waals surface area (Å²) in [5.41, 5.74) is 2.12. The molecular weight excluding hydrogens is 380 g/mol. The molecule has 30 heavy (non-hydrogen) atoms. The van der Waals surface area contributed by atoms with Gasteiger partial charge < -0.3 is 24.8 Å². The molecule has 3 rings (SSSR count). The van der Waals surface area contributed by atoms with Crippen LogP contribution < -0.4 is 24.8 Å². The lowest BCUT2D eigenvalue weighted by atomic mass is 10.1. The summed E-state index contributed by atoms with van der Waals surface area (Å²) in [6.45, 7) is 3.74. The van der Waals surface area contributed by atoms with E-state index in [2.05, 4.69) is 26.7 Å². The largest absolute Gasteiger partial charge is 0.493 e. The number of guanidine groups is 1. The van der Waals surface area contributed by atoms with Crippen molar-refractivity contribution in [2.24, 2.45) is 4.99 Å². The van der Waals surface area contributed by atoms with Gasteiger partial charge in [-0.2, -0.15) is 0 Å². The van der Waals surface area contributed by atoms with E-state index in [9.17, 15) is 0 Å². The number of rotatable bonds is 9. The fourth-order valence-electron chi connectivity index (χ4n) is 3.54. The molecule has 2 aromatic rings. The summed E-state index contributed by atoms with van der Waals surface area (Å²) in [7, 11) is 3.44. The molecule has 0 saturated heterocycles. The maximum absolute atomic E-state index is 6.31. The van der Waals surface area contributed by atoms with Gasteiger partial charge in [0.1, 0.15) is 0 Å². The average Bonchev–Trinajstić information content (AvgIpc) is 3.28. The Balaban J connectivity index is 1.61. The van der Waals surface area contributed by atoms with Crippen molar-refractivity contribution in [1.29, 1.82) is 0 Å². The predicted octanol–water partition coefficient (Wildman–Crippen LogP) is 3.68. The van der Waals surface area contributed by atoms with Gasteiger partial charge in [-0.05, 0) is 50.3 Å². The number of para-hydroxylation sites is 1. The van der Waals surface area contributed by atoms with Crippen molar-refractivity contribution < 1.29 is 14.2 Å². The van der Waals surface area contributed by atoms with Crippen molar-refractivity contribution >= 4 is 5.96 Å². The highest BCUT2D eigenvalue weighted by Crippen LogP contribution is 2.34. The minimum absolute atomic E-state index is 0.267. The second kappa shape index (κ2) is 11.3. The number of methoxy groups -OCH3 is 1. The van der Waals surface area contributed by atoms with E-state index < -0.39 is 0 Å². The van der Waals surface area contributed by atoms with Crippen LogP contribution in [0.1, 0.15) is 43.7 Å². The van der Waals surface area contributed by atoms with Gasteiger partial charge in [0.2, 0.25) is 5.88 Å². The zero-order chi connectivity index (χ0) is 21.2. The van der Waals surface area contributed by atoms with E-state index >= 15 is 0 Å². The van der Waals surface area contributed by atoms with Gasteiger partial charge in [0.05, 0.1) is 19.8 Å². The molecule has 2 N–H and O–H groups in total. The monoisotopic (exact) mass is 412 g/mol. The van der Waals surface area contributed by atoms with Gasteiger partial charge in [-0.25, -0.2) is 4.98 Å². The third-order valence-electron chi connectivity index (χ3n) is 5.09. The summed E-state index contributed by atoms with van der Waals surface area (Å²) in [5.74, 6) is 2.93. The normalized spacial score (nSPS) is 14.4. The molecule has 7 heteroatoms. The maximum Gasteiger partial charge on any atom is 0.213 e. The zero-order valence-electron chi connectivity index (χ0n) is 18.1. The molecule has 0 amide bonds. The smallest absolute Gasteiger partial charge is 0.213 e. The number of aliphatic imine (C=N–C) groups is 1. The van der Waals surface area contributed by atoms with Crippen molar-refractivity contribution in [1.82, 2.24) is 15.6 Å². The molecule has 162 valence electrons. The number of hydrogen-bond donors (Lipinski definition) is 2. The number of ether oxygens (including phenoxy) is 3. The minimum atomic E-state index is 0.267. The highest BCUT2D eigenvalue weighted by Gasteiger charge is 2.20. The van der Waals surface area contributed by atoms with Gasteiger partial charge in [0.15, 0.2) is 17.5 Å². The quantitative estimate of drug-likeness (QED) is 0.483. The fourth-order valence-corrected chi connectivity index (χ4v) is 3.54. The van der Waals surface area contributed by atoms with Crippen molar-refractivity contribution in [2.75, 3.05) is 20.8 Å². The van der Waals surface area contributed by atoms with Crippen LogP contribution in [0.4, 0.5) is 0 Å². The summed E-state index contributed by atoms with van der Waals surface area (Å²) in [6, 6.07) is 9.88. The Kier molecular flexibility index (Phi) is 8.18. The second-order valence-corrected chi connectivity index (χ2v) is 7.19. The Labute approximate surface area is 178 Å². The van der Waals surface area contributed by atoms with Crippen LogP contribution in [0.2, 0.25) is 0 Å². The summed E-state index contributed by atoms with van der Waals surface area (Å²) < 4.78 is 17.3. The molecule has 0 radical (unpaired) electrons. The third kappa shape index (κ3) is 6.02. The predicted molar refractivity (Wildman–Crippen MR) is 118 cm³/mol. The third-order valence-corrected chi connectivity index (χ3v) is 5.09. The first-order chi connectivity index (χ1) is 14.7. The molecule has 0 aliphatic heterocycles. The standard InChI is InChI=1S/C23H32N4O3/c1-4-29-21-14-17(12-13-25-21)15-26-23(24-2)27-16-18-8-7-11-20(28-3)22(18)30-19-9-5-6-10-19/h7-8,11-14,19H,4-6,9-10,15-16H2,1-3H3,(H2,24,26,27). The second-order valence-electron chi connectivity index (χ2n) is 7.19. The van der Waals surface area contributed by atoms with Crippen LogP contribution in [0.25, 0.3) is 0 Å². The SMILES string of the molecule is CCOc1cc(CNC(=NC)NCc2cccc(OC)c2OC2CCCC2)ccn1. The number of hydrogen-bond acceptors (Lipinski definition) is 5. The molecule has 7 nitrogen and oxygen atoms in total. The van der Waals surface area contributed by atoms with Gasteiger partial charge in [-0.1, -0.05) is 12.1 Å². The summed E-state index contributed by atoms with van der Waals surface area (Å²) >= 11 is 0. The summed E-state index contributed by atoms with van der Waals surface area (Å²) in [6.07, 6.45) is 6.67. The Morgan fingerprint density at radius 3 is 2.70 bits per heavy atom. The molecule has 0 bridgehead atoms. The van der Waals surface area contributed by atoms with E-state index in [1.54, 1.807) is 20.4 Å². The number of nitrogens with zero attached hydrogens (tertiary/aromatic N) is 2. The highest BCUT2D eigenvalue weighted by atomic mass is 16.5. The lowest BCUT2D eigenvalue weighted by Crippen LogP contribution is -2.36. The van der Waals surface area contributed by atoms with Crippen LogP contribution in [0.3, 0.4) is 0 Å². The first kappa shape index (κ1) is 21.7. The molecule has 0 spiro atoms. The molecule has 1 heterocycles. The summed E-state index contributed by atoms with van der Waals surface area (Å²) in [4.78, 5) is 8.53. The van der Waals surface area contributed by atoms with Gasteiger partial charge in [-0.3, -0.25) is 4.99 Å². The minimum Gasteiger partial charge on any atom is -0.493 e. The topological polar surface area (TPSA) is 77.0 Å². The maximum atomic E-state index is 6.31. The van der Waals surface area contributed by atoms with Crippen LogP contribution in [0.5, 0.6) is 17.4 Å². The van der Waals surface area contributed by atoms with Gasteiger partial charge in [-0.15, -0.1) is 0 Å². The molecule has 0 unspecified atom stereocenters. The number of nitrogens with one attached hydrogen (secondary N) is 2. The van der Waals surface area contributed by atoms with E-state index in [4.69, 9.17) is 14.2 Å². The number of pyridine rings is 1. The molecule has 0 atom stereocenters. The van der Waals surface area contributed by atoms with Crippen molar-refractivity contribution in [3.8, 4) is 17.4 Å². The Hall–Kier alpha value is -2.96. The fraction of sp³-hybridized carbons (Fsp3) is 0.478. The lowest BCUT2D eigenvalue weighted by molar-refractivity contribution is 0.198. The molecular formula is C23H32N4O3. The van der Waals surface area contributed by atoms with Crippen molar-refractivity contribution in [3.05, 3.63) is 47.7 Å². The number of benzene rings is 1. The first-order valence-corrected chi connectivity index (χ1v) is 10.6. The Bertz CT molecular complexity index is 835. The molecule has 1 aliphatic carbocycles. The average molecular weight is 413 g/mol. The van der Waals surface area contributed by atoms with E-state index in [0.29, 0.717) is 31.5 Å². The van der Waals surface area contributed by atoms with Crippen LogP contribution in [-0.2, 0) is 13.1 Å². The van der Waals surface area contributed by atoms with E-state index in [1.165, 1.54) is 12.8 Å². The molecule has 1 aliphatic rings. The van der Waals surface area contributed by atoms with E-state index in [1.807, 2.05) is 31.2 Å². The van der Waals surface area contributed by atoms with Crippen LogP contribution >= 0.6 is 0 Å². The van der Waals surface area contributed by atoms with E-state index in [-0.39, 0.29) is 6.10 Å². The first-order valence-electron chi connectivity index (χ1n) is 10.6. The molecule has 1 aromatic carbocycles. The van der Waals surface area contributed by atoms with Crippen molar-refractivity contribution in [3.63, 3.8) is 0 Å². The van der Waals surface area contributed by atoms with Crippen LogP contribution in [0, 0.1) is 0 Å². The summed E-state index contributed by atoms with van der Waals surface area (Å²) in [5, 5.41) is 6.70.